The van der Waals surface area contributed by atoms with E-state index in [0.717, 1.165) is 25.1 Å². The van der Waals surface area contributed by atoms with E-state index in [1.54, 1.807) is 4.90 Å². The van der Waals surface area contributed by atoms with Crippen molar-refractivity contribution in [3.8, 4) is 17.0 Å². The molecule has 0 atom stereocenters. The lowest BCUT2D eigenvalue weighted by Gasteiger charge is -2.59. The van der Waals surface area contributed by atoms with Gasteiger partial charge in [-0.2, -0.15) is 18.3 Å². The maximum Gasteiger partial charge on any atom is 0.420 e. The van der Waals surface area contributed by atoms with Crippen LogP contribution in [0.25, 0.3) is 11.3 Å². The third-order valence-electron chi connectivity index (χ3n) is 7.24. The summed E-state index contributed by atoms with van der Waals surface area (Å²) in [6, 6.07) is 8.89. The summed E-state index contributed by atoms with van der Waals surface area (Å²) in [5, 5.41) is 4.00. The predicted octanol–water partition coefficient (Wildman–Crippen LogP) is 5.87. The van der Waals surface area contributed by atoms with Crippen LogP contribution in [-0.4, -0.2) is 39.8 Å². The van der Waals surface area contributed by atoms with Gasteiger partial charge in [0.25, 0.3) is 5.91 Å². The highest BCUT2D eigenvalue weighted by Crippen LogP contribution is 2.56. The van der Waals surface area contributed by atoms with Crippen LogP contribution >= 0.6 is 0 Å². The van der Waals surface area contributed by atoms with Crippen molar-refractivity contribution >= 4 is 5.91 Å². The highest BCUT2D eigenvalue weighted by Gasteiger charge is 2.55. The first kappa shape index (κ1) is 23.0. The van der Waals surface area contributed by atoms with Crippen molar-refractivity contribution in [2.24, 2.45) is 5.41 Å². The molecule has 6 rings (SSSR count). The van der Waals surface area contributed by atoms with Gasteiger partial charge in [0.05, 0.1) is 29.6 Å². The van der Waals surface area contributed by atoms with Gasteiger partial charge < -0.3 is 9.64 Å². The van der Waals surface area contributed by atoms with Crippen molar-refractivity contribution in [3.05, 3.63) is 71.4 Å². The Morgan fingerprint density at radius 1 is 1.06 bits per heavy atom. The molecule has 2 aromatic carbocycles. The summed E-state index contributed by atoms with van der Waals surface area (Å²) in [5.41, 5.74) is -1.32. The van der Waals surface area contributed by atoms with E-state index in [-0.39, 0.29) is 40.5 Å². The number of alkyl halides is 3. The van der Waals surface area contributed by atoms with Gasteiger partial charge in [-0.25, -0.2) is 8.78 Å². The number of benzene rings is 2. The van der Waals surface area contributed by atoms with E-state index in [9.17, 15) is 26.7 Å². The van der Waals surface area contributed by atoms with Gasteiger partial charge in [0.1, 0.15) is 22.9 Å². The fourth-order valence-corrected chi connectivity index (χ4v) is 5.35. The van der Waals surface area contributed by atoms with Crippen LogP contribution in [0.15, 0.2) is 48.7 Å². The standard InChI is InChI=1S/C26H22F5N3O2/c27-15-5-8-19(22(9-15)36-17-6-7-17)24(35)33-13-25(14-33)10-16(11-25)34-23(18-3-1-2-4-21(18)28)20(12-32-34)26(29,30)31/h1-5,8-9,12,16-17H,6-7,10-11,13-14H2. The number of nitrogens with zero attached hydrogens (tertiary/aromatic N) is 3. The van der Waals surface area contributed by atoms with E-state index >= 15 is 0 Å². The highest BCUT2D eigenvalue weighted by molar-refractivity contribution is 5.97. The zero-order valence-electron chi connectivity index (χ0n) is 19.1. The zero-order valence-corrected chi connectivity index (χ0v) is 19.1. The Labute approximate surface area is 203 Å². The summed E-state index contributed by atoms with van der Waals surface area (Å²) < 4.78 is 76.2. The Morgan fingerprint density at radius 2 is 1.78 bits per heavy atom. The Balaban J connectivity index is 1.18. The summed E-state index contributed by atoms with van der Waals surface area (Å²) in [5.74, 6) is -1.25. The van der Waals surface area contributed by atoms with Crippen LogP contribution in [0.5, 0.6) is 5.75 Å². The molecule has 36 heavy (non-hydrogen) atoms. The molecule has 0 radical (unpaired) electrons. The Kier molecular flexibility index (Phi) is 5.14. The van der Waals surface area contributed by atoms with E-state index in [4.69, 9.17) is 4.74 Å². The van der Waals surface area contributed by atoms with Crippen molar-refractivity contribution in [2.45, 2.75) is 44.0 Å². The second kappa shape index (κ2) is 8.04. The molecule has 3 fully saturated rings. The van der Waals surface area contributed by atoms with Gasteiger partial charge in [0.2, 0.25) is 0 Å². The second-order valence-electron chi connectivity index (χ2n) is 10.0. The van der Waals surface area contributed by atoms with Crippen LogP contribution in [0.4, 0.5) is 22.0 Å². The first-order valence-electron chi connectivity index (χ1n) is 11.8. The number of rotatable bonds is 5. The molecule has 5 nitrogen and oxygen atoms in total. The molecule has 3 aliphatic rings. The van der Waals surface area contributed by atoms with E-state index in [2.05, 4.69) is 5.10 Å². The molecule has 1 saturated heterocycles. The first-order chi connectivity index (χ1) is 17.1. The van der Waals surface area contributed by atoms with Gasteiger partial charge in [0, 0.05) is 30.1 Å². The molecule has 2 saturated carbocycles. The minimum Gasteiger partial charge on any atom is -0.489 e. The minimum atomic E-state index is -4.67. The maximum absolute atomic E-state index is 14.5. The van der Waals surface area contributed by atoms with Crippen LogP contribution in [0.3, 0.4) is 0 Å². The third-order valence-corrected chi connectivity index (χ3v) is 7.24. The van der Waals surface area contributed by atoms with Crippen molar-refractivity contribution < 1.29 is 31.5 Å². The average Bonchev–Trinajstić information content (AvgIpc) is 3.46. The van der Waals surface area contributed by atoms with Crippen LogP contribution in [0, 0.1) is 17.0 Å². The number of hydrogen-bond donors (Lipinski definition) is 0. The average molecular weight is 503 g/mol. The minimum absolute atomic E-state index is 0.00720. The monoisotopic (exact) mass is 503 g/mol. The topological polar surface area (TPSA) is 47.4 Å². The fourth-order valence-electron chi connectivity index (χ4n) is 5.35. The van der Waals surface area contributed by atoms with E-state index in [1.807, 2.05) is 0 Å². The molecular formula is C26H22F5N3O2. The lowest BCUT2D eigenvalue weighted by Crippen LogP contribution is -2.63. The number of amides is 1. The number of aromatic nitrogens is 2. The number of ether oxygens (including phenoxy) is 1. The maximum atomic E-state index is 14.5. The summed E-state index contributed by atoms with van der Waals surface area (Å²) >= 11 is 0. The fraction of sp³-hybridized carbons (Fsp3) is 0.385. The molecule has 1 amide bonds. The second-order valence-corrected chi connectivity index (χ2v) is 10.0. The molecular weight excluding hydrogens is 481 g/mol. The summed E-state index contributed by atoms with van der Waals surface area (Å²) in [6.07, 6.45) is -1.13. The van der Waals surface area contributed by atoms with Crippen molar-refractivity contribution in [1.29, 1.82) is 0 Å². The van der Waals surface area contributed by atoms with Crippen LogP contribution in [-0.2, 0) is 6.18 Å². The zero-order chi connectivity index (χ0) is 25.2. The van der Waals surface area contributed by atoms with E-state index in [0.29, 0.717) is 31.5 Å². The summed E-state index contributed by atoms with van der Waals surface area (Å²) in [7, 11) is 0. The third kappa shape index (κ3) is 3.92. The van der Waals surface area contributed by atoms with Crippen LogP contribution < -0.4 is 4.74 Å². The van der Waals surface area contributed by atoms with Gasteiger partial charge in [-0.1, -0.05) is 12.1 Å². The normalized spacial score (nSPS) is 19.2. The molecule has 2 heterocycles. The largest absolute Gasteiger partial charge is 0.489 e. The Morgan fingerprint density at radius 3 is 2.44 bits per heavy atom. The molecule has 0 unspecified atom stereocenters. The predicted molar refractivity (Wildman–Crippen MR) is 119 cm³/mol. The van der Waals surface area contributed by atoms with Crippen LogP contribution in [0.1, 0.15) is 47.6 Å². The Bertz CT molecular complexity index is 1330. The molecule has 0 bridgehead atoms. The molecule has 2 aliphatic carbocycles. The van der Waals surface area contributed by atoms with Crippen molar-refractivity contribution in [1.82, 2.24) is 14.7 Å². The lowest BCUT2D eigenvalue weighted by atomic mass is 9.60. The van der Waals surface area contributed by atoms with Gasteiger partial charge in [-0.15, -0.1) is 0 Å². The van der Waals surface area contributed by atoms with E-state index in [1.165, 1.54) is 41.1 Å². The van der Waals surface area contributed by atoms with Crippen molar-refractivity contribution in [2.75, 3.05) is 13.1 Å². The molecule has 3 aromatic rings. The number of carbonyl (C=O) groups excluding carboxylic acids is 1. The van der Waals surface area contributed by atoms with E-state index < -0.39 is 23.4 Å². The lowest BCUT2D eigenvalue weighted by molar-refractivity contribution is -0.137. The molecule has 10 heteroatoms. The summed E-state index contributed by atoms with van der Waals surface area (Å²) in [4.78, 5) is 14.7. The molecule has 188 valence electrons. The SMILES string of the molecule is O=C(c1ccc(F)cc1OC1CC1)N1CC2(CC(n3ncc(C(F)(F)F)c3-c3ccccc3F)C2)C1. The quantitative estimate of drug-likeness (QED) is 0.410. The van der Waals surface area contributed by atoms with Crippen LogP contribution in [0.2, 0.25) is 0 Å². The van der Waals surface area contributed by atoms with Gasteiger partial charge >= 0.3 is 6.18 Å². The number of likely N-dealkylation sites (tertiary alicyclic amines) is 1. The molecule has 1 aromatic heterocycles. The summed E-state index contributed by atoms with van der Waals surface area (Å²) in [6.45, 7) is 0.871. The van der Waals surface area contributed by atoms with Crippen molar-refractivity contribution in [3.63, 3.8) is 0 Å². The van der Waals surface area contributed by atoms with Gasteiger partial charge in [0.15, 0.2) is 0 Å². The Hall–Kier alpha value is -3.43. The van der Waals surface area contributed by atoms with Gasteiger partial charge in [-0.05, 0) is 49.9 Å². The first-order valence-corrected chi connectivity index (χ1v) is 11.8. The number of hydrogen-bond acceptors (Lipinski definition) is 3. The molecule has 1 aliphatic heterocycles. The number of halogens is 5. The van der Waals surface area contributed by atoms with Gasteiger partial charge in [-0.3, -0.25) is 9.48 Å². The smallest absolute Gasteiger partial charge is 0.420 e. The molecule has 0 N–H and O–H groups in total. The number of carbonyl (C=O) groups is 1. The highest BCUT2D eigenvalue weighted by atomic mass is 19.4. The molecule has 1 spiro atoms.